The number of carbonyl (C=O) groups excluding carboxylic acids is 1. The number of rotatable bonds is 8. The summed E-state index contributed by atoms with van der Waals surface area (Å²) in [6.07, 6.45) is -0.507. The smallest absolute Gasteiger partial charge is 0.277 e. The molecule has 148 valence electrons. The average molecular weight is 405 g/mol. The van der Waals surface area contributed by atoms with E-state index in [2.05, 4.69) is 10.2 Å². The molecule has 0 N–H and O–H groups in total. The minimum absolute atomic E-state index is 0.0885. The zero-order valence-electron chi connectivity index (χ0n) is 15.7. The Kier molecular flexibility index (Phi) is 6.35. The molecule has 1 unspecified atom stereocenters. The van der Waals surface area contributed by atoms with Gasteiger partial charge in [0.25, 0.3) is 11.1 Å². The zero-order valence-corrected chi connectivity index (χ0v) is 16.5. The van der Waals surface area contributed by atoms with E-state index in [0.717, 1.165) is 23.3 Å². The molecule has 0 aliphatic heterocycles. The Labute approximate surface area is 165 Å². The van der Waals surface area contributed by atoms with E-state index >= 15 is 0 Å². The molecular weight excluding hydrogens is 385 g/mol. The zero-order chi connectivity index (χ0) is 20.1. The molecule has 2 aromatic heterocycles. The number of thioether (sulfide) groups is 1. The third-order valence-corrected chi connectivity index (χ3v) is 4.63. The molecule has 7 nitrogen and oxygen atoms in total. The van der Waals surface area contributed by atoms with Gasteiger partial charge in [0.05, 0.1) is 12.3 Å². The first-order chi connectivity index (χ1) is 13.4. The van der Waals surface area contributed by atoms with Crippen LogP contribution in [0.4, 0.5) is 4.39 Å². The van der Waals surface area contributed by atoms with Crippen LogP contribution >= 0.6 is 11.8 Å². The minimum Gasteiger partial charge on any atom is -0.481 e. The van der Waals surface area contributed by atoms with Crippen LogP contribution in [0.2, 0.25) is 0 Å². The fourth-order valence-electron chi connectivity index (χ4n) is 2.34. The van der Waals surface area contributed by atoms with Crippen molar-refractivity contribution in [1.29, 1.82) is 0 Å². The highest BCUT2D eigenvalue weighted by molar-refractivity contribution is 7.99. The van der Waals surface area contributed by atoms with Crippen LogP contribution in [-0.4, -0.2) is 33.8 Å². The van der Waals surface area contributed by atoms with Crippen LogP contribution in [0.25, 0.3) is 0 Å². The number of aromatic nitrogens is 2. The molecule has 0 aliphatic carbocycles. The summed E-state index contributed by atoms with van der Waals surface area (Å²) < 4.78 is 29.6. The number of furan rings is 1. The highest BCUT2D eigenvalue weighted by atomic mass is 32.2. The lowest BCUT2D eigenvalue weighted by molar-refractivity contribution is -0.127. The molecule has 0 aliphatic rings. The molecule has 0 fully saturated rings. The maximum Gasteiger partial charge on any atom is 0.277 e. The Hall–Kier alpha value is -2.81. The van der Waals surface area contributed by atoms with Gasteiger partial charge in [-0.2, -0.15) is 0 Å². The molecule has 9 heteroatoms. The first-order valence-corrected chi connectivity index (χ1v) is 9.57. The molecule has 2 heterocycles. The number of amides is 1. The van der Waals surface area contributed by atoms with Crippen LogP contribution in [0.15, 0.2) is 50.5 Å². The summed E-state index contributed by atoms with van der Waals surface area (Å²) in [7, 11) is 1.71. The summed E-state index contributed by atoms with van der Waals surface area (Å²) in [5.41, 5.74) is 0. The number of hydrogen-bond acceptors (Lipinski definition) is 7. The maximum atomic E-state index is 12.9. The Morgan fingerprint density at radius 2 is 1.96 bits per heavy atom. The van der Waals surface area contributed by atoms with E-state index in [0.29, 0.717) is 12.3 Å². The monoisotopic (exact) mass is 405 g/mol. The molecule has 0 radical (unpaired) electrons. The summed E-state index contributed by atoms with van der Waals surface area (Å²) in [5.74, 6) is 2.03. The number of ether oxygens (including phenoxy) is 1. The lowest BCUT2D eigenvalue weighted by Gasteiger charge is -2.14. The molecule has 0 bridgehead atoms. The number of hydrogen-bond donors (Lipinski definition) is 0. The molecule has 0 saturated heterocycles. The Balaban J connectivity index is 1.49. The Morgan fingerprint density at radius 1 is 1.21 bits per heavy atom. The highest BCUT2D eigenvalue weighted by Crippen LogP contribution is 2.24. The molecule has 0 saturated carbocycles. The topological polar surface area (TPSA) is 81.6 Å². The van der Waals surface area contributed by atoms with Gasteiger partial charge in [0.15, 0.2) is 6.10 Å². The van der Waals surface area contributed by atoms with Crippen molar-refractivity contribution in [1.82, 2.24) is 15.1 Å². The van der Waals surface area contributed by atoms with Crippen LogP contribution in [0.3, 0.4) is 0 Å². The van der Waals surface area contributed by atoms with Crippen molar-refractivity contribution in [3.63, 3.8) is 0 Å². The molecule has 28 heavy (non-hydrogen) atoms. The van der Waals surface area contributed by atoms with E-state index in [9.17, 15) is 9.18 Å². The molecule has 1 atom stereocenters. The van der Waals surface area contributed by atoms with Crippen molar-refractivity contribution in [3.05, 3.63) is 59.6 Å². The maximum absolute atomic E-state index is 12.9. The first kappa shape index (κ1) is 19.9. The van der Waals surface area contributed by atoms with E-state index in [1.54, 1.807) is 18.9 Å². The van der Waals surface area contributed by atoms with Gasteiger partial charge in [0.2, 0.25) is 5.91 Å². The predicted octanol–water partition coefficient (Wildman–Crippen LogP) is 4.00. The number of benzene rings is 1. The van der Waals surface area contributed by atoms with Crippen LogP contribution in [0.5, 0.6) is 5.75 Å². The van der Waals surface area contributed by atoms with Crippen molar-refractivity contribution < 1.29 is 22.8 Å². The van der Waals surface area contributed by atoms with E-state index in [1.807, 2.05) is 19.1 Å². The standard InChI is InChI=1S/C19H20FN3O4S/c1-12-4-7-16(25-12)10-23(3)17(24)11-28-19-22-21-18(27-19)13(2)26-15-8-5-14(20)6-9-15/h4-9,13H,10-11H2,1-3H3. The third kappa shape index (κ3) is 5.35. The van der Waals surface area contributed by atoms with Crippen molar-refractivity contribution in [3.8, 4) is 5.75 Å². The average Bonchev–Trinajstić information content (AvgIpc) is 3.30. The molecule has 3 aromatic rings. The molecule has 1 amide bonds. The summed E-state index contributed by atoms with van der Waals surface area (Å²) in [6.45, 7) is 4.00. The molecule has 1 aromatic carbocycles. The Morgan fingerprint density at radius 3 is 2.64 bits per heavy atom. The summed E-state index contributed by atoms with van der Waals surface area (Å²) in [5, 5.41) is 8.15. The first-order valence-electron chi connectivity index (χ1n) is 8.58. The number of nitrogens with zero attached hydrogens (tertiary/aromatic N) is 3. The van der Waals surface area contributed by atoms with Crippen LogP contribution in [0, 0.1) is 12.7 Å². The fourth-order valence-corrected chi connectivity index (χ4v) is 3.05. The molecular formula is C19H20FN3O4S. The molecule has 3 rings (SSSR count). The summed E-state index contributed by atoms with van der Waals surface area (Å²) in [4.78, 5) is 13.8. The minimum atomic E-state index is -0.507. The third-order valence-electron chi connectivity index (χ3n) is 3.83. The SMILES string of the molecule is Cc1ccc(CN(C)C(=O)CSc2nnc(C(C)Oc3ccc(F)cc3)o2)o1. The second-order valence-electron chi connectivity index (χ2n) is 6.17. The van der Waals surface area contributed by atoms with Gasteiger partial charge in [-0.05, 0) is 50.2 Å². The van der Waals surface area contributed by atoms with Gasteiger partial charge in [-0.15, -0.1) is 10.2 Å². The predicted molar refractivity (Wildman–Crippen MR) is 100 cm³/mol. The van der Waals surface area contributed by atoms with Gasteiger partial charge in [-0.3, -0.25) is 4.79 Å². The van der Waals surface area contributed by atoms with Crippen molar-refractivity contribution in [2.24, 2.45) is 0 Å². The quantitative estimate of drug-likeness (QED) is 0.524. The Bertz CT molecular complexity index is 925. The highest BCUT2D eigenvalue weighted by Gasteiger charge is 2.18. The van der Waals surface area contributed by atoms with Gasteiger partial charge >= 0.3 is 0 Å². The van der Waals surface area contributed by atoms with Crippen LogP contribution < -0.4 is 4.74 Å². The van der Waals surface area contributed by atoms with E-state index < -0.39 is 6.10 Å². The van der Waals surface area contributed by atoms with Crippen molar-refractivity contribution in [2.75, 3.05) is 12.8 Å². The van der Waals surface area contributed by atoms with Gasteiger partial charge in [-0.25, -0.2) is 4.39 Å². The second kappa shape index (κ2) is 8.92. The van der Waals surface area contributed by atoms with Crippen molar-refractivity contribution in [2.45, 2.75) is 31.7 Å². The normalized spacial score (nSPS) is 12.0. The fraction of sp³-hybridized carbons (Fsp3) is 0.316. The van der Waals surface area contributed by atoms with Gasteiger partial charge in [0, 0.05) is 7.05 Å². The number of carbonyl (C=O) groups is 1. The van der Waals surface area contributed by atoms with Crippen LogP contribution in [0.1, 0.15) is 30.4 Å². The van der Waals surface area contributed by atoms with Gasteiger partial charge in [0.1, 0.15) is 23.1 Å². The van der Waals surface area contributed by atoms with Gasteiger partial charge < -0.3 is 18.5 Å². The lowest BCUT2D eigenvalue weighted by Crippen LogP contribution is -2.27. The number of halogens is 1. The second-order valence-corrected chi connectivity index (χ2v) is 7.10. The lowest BCUT2D eigenvalue weighted by atomic mass is 10.3. The van der Waals surface area contributed by atoms with E-state index in [4.69, 9.17) is 13.6 Å². The largest absolute Gasteiger partial charge is 0.481 e. The van der Waals surface area contributed by atoms with E-state index in [1.165, 1.54) is 24.3 Å². The van der Waals surface area contributed by atoms with Gasteiger partial charge in [-0.1, -0.05) is 11.8 Å². The summed E-state index contributed by atoms with van der Waals surface area (Å²) in [6, 6.07) is 9.36. The molecule has 0 spiro atoms. The number of aryl methyl sites for hydroxylation is 1. The van der Waals surface area contributed by atoms with Crippen molar-refractivity contribution >= 4 is 17.7 Å². The van der Waals surface area contributed by atoms with Crippen LogP contribution in [-0.2, 0) is 11.3 Å². The summed E-state index contributed by atoms with van der Waals surface area (Å²) >= 11 is 1.15. The van der Waals surface area contributed by atoms with E-state index in [-0.39, 0.29) is 28.6 Å².